The summed E-state index contributed by atoms with van der Waals surface area (Å²) in [5.74, 6) is 0.189. The molecule has 0 heterocycles. The van der Waals surface area contributed by atoms with Gasteiger partial charge < -0.3 is 10.4 Å². The second kappa shape index (κ2) is 5.71. The van der Waals surface area contributed by atoms with Crippen molar-refractivity contribution < 1.29 is 9.90 Å². The molecule has 0 saturated heterocycles. The van der Waals surface area contributed by atoms with E-state index in [1.54, 1.807) is 6.07 Å². The van der Waals surface area contributed by atoms with Crippen LogP contribution in [0, 0.1) is 0 Å². The maximum absolute atomic E-state index is 10.7. The first-order valence-electron chi connectivity index (χ1n) is 6.05. The Morgan fingerprint density at radius 3 is 2.61 bits per heavy atom. The third kappa shape index (κ3) is 4.24. The van der Waals surface area contributed by atoms with Gasteiger partial charge in [0.15, 0.2) is 0 Å². The molecule has 1 amide bonds. The van der Waals surface area contributed by atoms with Crippen LogP contribution < -0.4 is 5.32 Å². The molecule has 0 aliphatic rings. The van der Waals surface area contributed by atoms with Crippen LogP contribution in [0.4, 0.5) is 0 Å². The zero-order valence-electron chi connectivity index (χ0n) is 11.4. The molecule has 0 aliphatic carbocycles. The van der Waals surface area contributed by atoms with E-state index < -0.39 is 0 Å². The Morgan fingerprint density at radius 2 is 2.06 bits per heavy atom. The fourth-order valence-corrected chi connectivity index (χ4v) is 1.54. The average molecular weight is 247 g/mol. The number of carbonyl (C=O) groups is 1. The lowest BCUT2D eigenvalue weighted by molar-refractivity contribution is -0.118. The molecule has 1 aromatic carbocycles. The molecule has 0 aliphatic heterocycles. The lowest BCUT2D eigenvalue weighted by Gasteiger charge is -2.19. The van der Waals surface area contributed by atoms with Crippen LogP contribution in [0.15, 0.2) is 24.3 Å². The first-order chi connectivity index (χ1) is 8.30. The highest BCUT2D eigenvalue weighted by atomic mass is 16.3. The van der Waals surface area contributed by atoms with Gasteiger partial charge in [0.05, 0.1) is 0 Å². The minimum atomic E-state index is -0.0627. The topological polar surface area (TPSA) is 49.3 Å². The van der Waals surface area contributed by atoms with Crippen LogP contribution in [-0.4, -0.2) is 17.6 Å². The van der Waals surface area contributed by atoms with Gasteiger partial charge in [0.1, 0.15) is 5.75 Å². The van der Waals surface area contributed by atoms with Gasteiger partial charge in [-0.1, -0.05) is 39.0 Å². The van der Waals surface area contributed by atoms with Gasteiger partial charge >= 0.3 is 0 Å². The molecule has 1 rings (SSSR count). The van der Waals surface area contributed by atoms with E-state index in [2.05, 4.69) is 26.1 Å². The van der Waals surface area contributed by atoms with Crippen molar-refractivity contribution in [1.29, 1.82) is 0 Å². The largest absolute Gasteiger partial charge is 0.507 e. The van der Waals surface area contributed by atoms with Gasteiger partial charge in [0.2, 0.25) is 5.91 Å². The maximum Gasteiger partial charge on any atom is 0.217 e. The van der Waals surface area contributed by atoms with E-state index in [-0.39, 0.29) is 17.1 Å². The average Bonchev–Trinajstić information content (AvgIpc) is 2.24. The summed E-state index contributed by atoms with van der Waals surface area (Å²) in [6.07, 6.45) is 3.64. The second-order valence-electron chi connectivity index (χ2n) is 5.36. The van der Waals surface area contributed by atoms with E-state index in [1.807, 2.05) is 24.3 Å². The number of rotatable bonds is 3. The molecule has 0 fully saturated rings. The molecule has 0 unspecified atom stereocenters. The van der Waals surface area contributed by atoms with E-state index in [0.29, 0.717) is 6.54 Å². The molecule has 0 aromatic heterocycles. The smallest absolute Gasteiger partial charge is 0.217 e. The minimum Gasteiger partial charge on any atom is -0.507 e. The van der Waals surface area contributed by atoms with Crippen molar-refractivity contribution in [3.05, 3.63) is 35.4 Å². The molecule has 98 valence electrons. The van der Waals surface area contributed by atoms with Crippen molar-refractivity contribution in [3.8, 4) is 5.75 Å². The SMILES string of the molecule is CC(=O)NCC=Cc1cc(C(C)(C)C)ccc1O. The third-order valence-electron chi connectivity index (χ3n) is 2.66. The van der Waals surface area contributed by atoms with Crippen molar-refractivity contribution in [1.82, 2.24) is 5.32 Å². The van der Waals surface area contributed by atoms with Gasteiger partial charge in [0.25, 0.3) is 0 Å². The molecule has 3 heteroatoms. The fraction of sp³-hybridized carbons (Fsp3) is 0.400. The van der Waals surface area contributed by atoms with Crippen LogP contribution in [0.25, 0.3) is 6.08 Å². The van der Waals surface area contributed by atoms with E-state index in [1.165, 1.54) is 12.5 Å². The standard InChI is InChI=1S/C15H21NO2/c1-11(17)16-9-5-6-12-10-13(15(2,3)4)7-8-14(12)18/h5-8,10,18H,9H2,1-4H3,(H,16,17). The Bertz CT molecular complexity index is 456. The van der Waals surface area contributed by atoms with Crippen molar-refractivity contribution in [2.24, 2.45) is 0 Å². The van der Waals surface area contributed by atoms with E-state index in [9.17, 15) is 9.90 Å². The Morgan fingerprint density at radius 1 is 1.39 bits per heavy atom. The molecule has 0 bridgehead atoms. The van der Waals surface area contributed by atoms with Crippen molar-refractivity contribution in [3.63, 3.8) is 0 Å². The number of hydrogen-bond acceptors (Lipinski definition) is 2. The molecule has 1 aromatic rings. The number of phenolic OH excluding ortho intramolecular Hbond substituents is 1. The predicted molar refractivity (Wildman–Crippen MR) is 74.5 cm³/mol. The molecule has 2 N–H and O–H groups in total. The summed E-state index contributed by atoms with van der Waals surface area (Å²) in [5.41, 5.74) is 1.99. The first kappa shape index (κ1) is 14.3. The highest BCUT2D eigenvalue weighted by Gasteiger charge is 2.14. The van der Waals surface area contributed by atoms with E-state index in [0.717, 1.165) is 5.56 Å². The van der Waals surface area contributed by atoms with Crippen molar-refractivity contribution in [2.45, 2.75) is 33.1 Å². The van der Waals surface area contributed by atoms with Crippen LogP contribution in [0.2, 0.25) is 0 Å². The zero-order valence-corrected chi connectivity index (χ0v) is 11.4. The number of carbonyl (C=O) groups excluding carboxylic acids is 1. The highest BCUT2D eigenvalue weighted by Crippen LogP contribution is 2.27. The molecule has 18 heavy (non-hydrogen) atoms. The van der Waals surface area contributed by atoms with Crippen LogP contribution >= 0.6 is 0 Å². The highest BCUT2D eigenvalue weighted by molar-refractivity contribution is 5.73. The Kier molecular flexibility index (Phi) is 4.54. The summed E-state index contributed by atoms with van der Waals surface area (Å²) in [4.78, 5) is 10.7. The molecular weight excluding hydrogens is 226 g/mol. The molecule has 0 saturated carbocycles. The summed E-state index contributed by atoms with van der Waals surface area (Å²) in [5, 5.41) is 12.4. The number of aromatic hydroxyl groups is 1. The summed E-state index contributed by atoms with van der Waals surface area (Å²) in [7, 11) is 0. The molecule has 0 radical (unpaired) electrons. The minimum absolute atomic E-state index is 0.0495. The second-order valence-corrected chi connectivity index (χ2v) is 5.36. The first-order valence-corrected chi connectivity index (χ1v) is 6.05. The normalized spacial score (nSPS) is 11.8. The monoisotopic (exact) mass is 247 g/mol. The van der Waals surface area contributed by atoms with Gasteiger partial charge in [-0.25, -0.2) is 0 Å². The number of amides is 1. The Balaban J connectivity index is 2.85. The summed E-state index contributed by atoms with van der Waals surface area (Å²) in [6, 6.07) is 5.61. The van der Waals surface area contributed by atoms with Crippen LogP contribution in [0.3, 0.4) is 0 Å². The molecule has 3 nitrogen and oxygen atoms in total. The van der Waals surface area contributed by atoms with Crippen molar-refractivity contribution in [2.75, 3.05) is 6.54 Å². The summed E-state index contributed by atoms with van der Waals surface area (Å²) < 4.78 is 0. The summed E-state index contributed by atoms with van der Waals surface area (Å²) in [6.45, 7) is 8.33. The van der Waals surface area contributed by atoms with Gasteiger partial charge in [-0.15, -0.1) is 0 Å². The predicted octanol–water partition coefficient (Wildman–Crippen LogP) is 2.84. The van der Waals surface area contributed by atoms with Gasteiger partial charge in [-0.2, -0.15) is 0 Å². The Hall–Kier alpha value is -1.77. The number of nitrogens with one attached hydrogen (secondary N) is 1. The van der Waals surface area contributed by atoms with Crippen LogP contribution in [-0.2, 0) is 10.2 Å². The van der Waals surface area contributed by atoms with Gasteiger partial charge in [-0.3, -0.25) is 4.79 Å². The third-order valence-corrected chi connectivity index (χ3v) is 2.66. The number of benzene rings is 1. The zero-order chi connectivity index (χ0) is 13.8. The molecular formula is C15H21NO2. The van der Waals surface area contributed by atoms with Crippen molar-refractivity contribution >= 4 is 12.0 Å². The molecule has 0 atom stereocenters. The van der Waals surface area contributed by atoms with E-state index >= 15 is 0 Å². The lowest BCUT2D eigenvalue weighted by atomic mass is 9.86. The van der Waals surface area contributed by atoms with Gasteiger partial charge in [-0.05, 0) is 23.1 Å². The molecule has 0 spiro atoms. The summed E-state index contributed by atoms with van der Waals surface area (Å²) >= 11 is 0. The van der Waals surface area contributed by atoms with Gasteiger partial charge in [0, 0.05) is 19.0 Å². The number of hydrogen-bond donors (Lipinski definition) is 2. The number of phenols is 1. The quantitative estimate of drug-likeness (QED) is 0.863. The Labute approximate surface area is 109 Å². The van der Waals surface area contributed by atoms with Crippen LogP contribution in [0.1, 0.15) is 38.8 Å². The fourth-order valence-electron chi connectivity index (χ4n) is 1.54. The van der Waals surface area contributed by atoms with Crippen LogP contribution in [0.5, 0.6) is 5.75 Å². The lowest BCUT2D eigenvalue weighted by Crippen LogP contribution is -2.19. The maximum atomic E-state index is 10.7. The van der Waals surface area contributed by atoms with E-state index in [4.69, 9.17) is 0 Å².